The highest BCUT2D eigenvalue weighted by atomic mass is 35.5. The van der Waals surface area contributed by atoms with Gasteiger partial charge >= 0.3 is 0 Å². The molecule has 1 fully saturated rings. The Hall–Kier alpha value is -1.88. The highest BCUT2D eigenvalue weighted by molar-refractivity contribution is 6.30. The molecule has 0 bridgehead atoms. The van der Waals surface area contributed by atoms with Crippen LogP contribution in [0.1, 0.15) is 40.5 Å². The number of pyridine rings is 1. The van der Waals surface area contributed by atoms with Crippen molar-refractivity contribution in [3.8, 4) is 0 Å². The van der Waals surface area contributed by atoms with Crippen LogP contribution in [-0.4, -0.2) is 32.1 Å². The highest BCUT2D eigenvalue weighted by Crippen LogP contribution is 2.38. The first-order valence-corrected chi connectivity index (χ1v) is 7.37. The van der Waals surface area contributed by atoms with Gasteiger partial charge in [0.05, 0.1) is 11.7 Å². The lowest BCUT2D eigenvalue weighted by Crippen LogP contribution is -2.30. The number of hydrogen-bond donors (Lipinski definition) is 0. The number of aryl methyl sites for hydroxylation is 2. The summed E-state index contributed by atoms with van der Waals surface area (Å²) in [7, 11) is 1.82. The van der Waals surface area contributed by atoms with Crippen molar-refractivity contribution in [2.75, 3.05) is 6.54 Å². The summed E-state index contributed by atoms with van der Waals surface area (Å²) in [4.78, 5) is 18.5. The fraction of sp³-hybridized carbons (Fsp3) is 0.400. The molecule has 1 unspecified atom stereocenters. The van der Waals surface area contributed by atoms with Crippen molar-refractivity contribution in [2.45, 2.75) is 25.8 Å². The SMILES string of the molecule is Cc1nn(C)c(Cl)c1C1CCCN1C(=O)c1ccncc1. The Morgan fingerprint density at radius 1 is 1.38 bits per heavy atom. The van der Waals surface area contributed by atoms with Crippen molar-refractivity contribution in [3.63, 3.8) is 0 Å². The van der Waals surface area contributed by atoms with E-state index in [1.165, 1.54) is 0 Å². The monoisotopic (exact) mass is 304 g/mol. The molecule has 0 N–H and O–H groups in total. The molecule has 1 amide bonds. The van der Waals surface area contributed by atoms with E-state index in [1.807, 2.05) is 18.9 Å². The summed E-state index contributed by atoms with van der Waals surface area (Å²) in [6.45, 7) is 2.69. The third-order valence-electron chi connectivity index (χ3n) is 3.97. The van der Waals surface area contributed by atoms with E-state index in [0.717, 1.165) is 30.6 Å². The molecule has 0 aromatic carbocycles. The lowest BCUT2D eigenvalue weighted by Gasteiger charge is -2.25. The number of carbonyl (C=O) groups is 1. The summed E-state index contributed by atoms with van der Waals surface area (Å²) in [6, 6.07) is 3.50. The van der Waals surface area contributed by atoms with Crippen molar-refractivity contribution in [2.24, 2.45) is 7.05 Å². The molecule has 0 radical (unpaired) electrons. The smallest absolute Gasteiger partial charge is 0.254 e. The van der Waals surface area contributed by atoms with Gasteiger partial charge < -0.3 is 4.90 Å². The van der Waals surface area contributed by atoms with E-state index >= 15 is 0 Å². The third kappa shape index (κ3) is 2.42. The van der Waals surface area contributed by atoms with E-state index in [9.17, 15) is 4.79 Å². The van der Waals surface area contributed by atoms with Crippen LogP contribution in [0.5, 0.6) is 0 Å². The Kier molecular flexibility index (Phi) is 3.68. The Labute approximate surface area is 128 Å². The van der Waals surface area contributed by atoms with Crippen LogP contribution in [0.15, 0.2) is 24.5 Å². The number of aromatic nitrogens is 3. The molecule has 1 aliphatic heterocycles. The molecule has 6 heteroatoms. The van der Waals surface area contributed by atoms with Crippen LogP contribution in [0, 0.1) is 6.92 Å². The molecular formula is C15H17ClN4O. The summed E-state index contributed by atoms with van der Waals surface area (Å²) in [5.74, 6) is 0.0271. The molecule has 0 saturated carbocycles. The predicted octanol–water partition coefficient (Wildman–Crippen LogP) is 2.75. The maximum absolute atomic E-state index is 12.7. The Bertz CT molecular complexity index is 668. The number of rotatable bonds is 2. The van der Waals surface area contributed by atoms with Gasteiger partial charge in [-0.3, -0.25) is 14.5 Å². The largest absolute Gasteiger partial charge is 0.331 e. The summed E-state index contributed by atoms with van der Waals surface area (Å²) >= 11 is 6.36. The molecule has 21 heavy (non-hydrogen) atoms. The molecule has 2 aromatic rings. The van der Waals surface area contributed by atoms with Gasteiger partial charge in [-0.25, -0.2) is 0 Å². The molecule has 1 aliphatic rings. The number of nitrogens with zero attached hydrogens (tertiary/aromatic N) is 4. The van der Waals surface area contributed by atoms with E-state index in [2.05, 4.69) is 10.1 Å². The number of carbonyl (C=O) groups excluding carboxylic acids is 1. The Morgan fingerprint density at radius 3 is 2.71 bits per heavy atom. The van der Waals surface area contributed by atoms with Gasteiger partial charge in [-0.1, -0.05) is 11.6 Å². The van der Waals surface area contributed by atoms with Crippen LogP contribution in [-0.2, 0) is 7.05 Å². The van der Waals surface area contributed by atoms with Crippen LogP contribution in [0.2, 0.25) is 5.15 Å². The minimum atomic E-state index is 0.00636. The zero-order valence-electron chi connectivity index (χ0n) is 12.1. The number of hydrogen-bond acceptors (Lipinski definition) is 3. The van der Waals surface area contributed by atoms with Crippen molar-refractivity contribution in [1.29, 1.82) is 0 Å². The van der Waals surface area contributed by atoms with Crippen LogP contribution < -0.4 is 0 Å². The molecule has 0 spiro atoms. The number of likely N-dealkylation sites (tertiary alicyclic amines) is 1. The molecule has 1 saturated heterocycles. The van der Waals surface area contributed by atoms with E-state index in [4.69, 9.17) is 11.6 Å². The second kappa shape index (κ2) is 5.48. The normalized spacial score (nSPS) is 18.2. The lowest BCUT2D eigenvalue weighted by atomic mass is 10.1. The average molecular weight is 305 g/mol. The first kappa shape index (κ1) is 14.1. The zero-order chi connectivity index (χ0) is 15.0. The van der Waals surface area contributed by atoms with Crippen molar-refractivity contribution in [3.05, 3.63) is 46.5 Å². The van der Waals surface area contributed by atoms with Gasteiger partial charge in [0.25, 0.3) is 5.91 Å². The lowest BCUT2D eigenvalue weighted by molar-refractivity contribution is 0.0735. The van der Waals surface area contributed by atoms with Crippen molar-refractivity contribution in [1.82, 2.24) is 19.7 Å². The minimum Gasteiger partial charge on any atom is -0.331 e. The van der Waals surface area contributed by atoms with Gasteiger partial charge in [0.1, 0.15) is 5.15 Å². The van der Waals surface area contributed by atoms with Crippen molar-refractivity contribution >= 4 is 17.5 Å². The van der Waals surface area contributed by atoms with Gasteiger partial charge in [0, 0.05) is 37.1 Å². The predicted molar refractivity (Wildman–Crippen MR) is 80.2 cm³/mol. The Morgan fingerprint density at radius 2 is 2.10 bits per heavy atom. The summed E-state index contributed by atoms with van der Waals surface area (Å²) < 4.78 is 1.67. The highest BCUT2D eigenvalue weighted by Gasteiger charge is 2.34. The van der Waals surface area contributed by atoms with Crippen LogP contribution in [0.25, 0.3) is 0 Å². The van der Waals surface area contributed by atoms with Crippen LogP contribution >= 0.6 is 11.6 Å². The quantitative estimate of drug-likeness (QED) is 0.857. The maximum atomic E-state index is 12.7. The molecule has 1 atom stereocenters. The molecular weight excluding hydrogens is 288 g/mol. The molecule has 3 heterocycles. The fourth-order valence-corrected chi connectivity index (χ4v) is 3.30. The van der Waals surface area contributed by atoms with Crippen LogP contribution in [0.4, 0.5) is 0 Å². The van der Waals surface area contributed by atoms with E-state index in [1.54, 1.807) is 29.2 Å². The molecule has 5 nitrogen and oxygen atoms in total. The van der Waals surface area contributed by atoms with Gasteiger partial charge in [-0.05, 0) is 31.9 Å². The fourth-order valence-electron chi connectivity index (χ4n) is 3.00. The molecule has 2 aromatic heterocycles. The van der Waals surface area contributed by atoms with E-state index < -0.39 is 0 Å². The second-order valence-corrected chi connectivity index (χ2v) is 5.66. The first-order chi connectivity index (χ1) is 10.1. The topological polar surface area (TPSA) is 51.0 Å². The van der Waals surface area contributed by atoms with Gasteiger partial charge in [0.2, 0.25) is 0 Å². The summed E-state index contributed by atoms with van der Waals surface area (Å²) in [6.07, 6.45) is 5.18. The molecule has 3 rings (SSSR count). The second-order valence-electron chi connectivity index (χ2n) is 5.31. The summed E-state index contributed by atoms with van der Waals surface area (Å²) in [5, 5.41) is 4.98. The number of halogens is 1. The average Bonchev–Trinajstić information content (AvgIpc) is 3.05. The minimum absolute atomic E-state index is 0.00636. The van der Waals surface area contributed by atoms with Gasteiger partial charge in [-0.15, -0.1) is 0 Å². The number of amides is 1. The molecule has 110 valence electrons. The maximum Gasteiger partial charge on any atom is 0.254 e. The molecule has 0 aliphatic carbocycles. The third-order valence-corrected chi connectivity index (χ3v) is 4.42. The first-order valence-electron chi connectivity index (χ1n) is 6.99. The summed E-state index contributed by atoms with van der Waals surface area (Å²) in [5.41, 5.74) is 2.52. The standard InChI is InChI=1S/C15H17ClN4O/c1-10-13(14(16)19(2)18-10)12-4-3-9-20(12)15(21)11-5-7-17-8-6-11/h5-8,12H,3-4,9H2,1-2H3. The van der Waals surface area contributed by atoms with E-state index in [-0.39, 0.29) is 11.9 Å². The van der Waals surface area contributed by atoms with Gasteiger partial charge in [-0.2, -0.15) is 5.10 Å². The Balaban J connectivity index is 1.94. The zero-order valence-corrected chi connectivity index (χ0v) is 12.8. The van der Waals surface area contributed by atoms with E-state index in [0.29, 0.717) is 10.7 Å². The van der Waals surface area contributed by atoms with Crippen molar-refractivity contribution < 1.29 is 4.79 Å². The van der Waals surface area contributed by atoms with Gasteiger partial charge in [0.15, 0.2) is 0 Å². The van der Waals surface area contributed by atoms with Crippen LogP contribution in [0.3, 0.4) is 0 Å².